The predicted octanol–water partition coefficient (Wildman–Crippen LogP) is 3.48. The molecule has 0 bridgehead atoms. The van der Waals surface area contributed by atoms with Crippen molar-refractivity contribution >= 4 is 21.7 Å². The highest BCUT2D eigenvalue weighted by molar-refractivity contribution is 7.89. The topological polar surface area (TPSA) is 99.3 Å². The van der Waals surface area contributed by atoms with Gasteiger partial charge >= 0.3 is 0 Å². The Morgan fingerprint density at radius 1 is 1.03 bits per heavy atom. The first-order valence-electron chi connectivity index (χ1n) is 14.0. The Morgan fingerprint density at radius 2 is 1.59 bits per heavy atom. The van der Waals surface area contributed by atoms with Crippen LogP contribution in [0.4, 0.5) is 0 Å². The lowest BCUT2D eigenvalue weighted by Crippen LogP contribution is -2.39. The van der Waals surface area contributed by atoms with Gasteiger partial charge in [-0.2, -0.15) is 4.31 Å². The number of sulfonamides is 1. The molecule has 0 radical (unpaired) electrons. The molecule has 0 spiro atoms. The highest BCUT2D eigenvalue weighted by Crippen LogP contribution is 2.28. The number of likely N-dealkylation sites (N-methyl/N-ethyl adjacent to an activating group) is 2. The normalized spacial score (nSPS) is 17.5. The number of hydrogen-bond acceptors (Lipinski definition) is 7. The number of ketones is 1. The Labute approximate surface area is 237 Å². The number of nitrogens with one attached hydrogen (secondary N) is 1. The van der Waals surface area contributed by atoms with Gasteiger partial charge in [0.25, 0.3) is 0 Å². The third-order valence-electron chi connectivity index (χ3n) is 7.17. The van der Waals surface area contributed by atoms with Crippen molar-refractivity contribution in [2.45, 2.75) is 77.2 Å². The summed E-state index contributed by atoms with van der Waals surface area (Å²) < 4.78 is 31.5. The molecule has 1 amide bonds. The Bertz CT molecular complexity index is 997. The van der Waals surface area contributed by atoms with E-state index in [1.54, 1.807) is 32.9 Å². The average molecular weight is 569 g/mol. The standard InChI is InChI=1S/C15H23NO4S.C14H29N3O/c1-6-7-13(17)10-16(4)21(18,19)15-11(2)8-14(20-5)9-12(15)3;1-12(18)17(4)11-13-5-7-14(8-6-13)15-9-10-16(2)3/h8-9H,6-7,10H2,1-5H3;13-15H,5-11H2,1-4H3. The number of amides is 1. The zero-order valence-electron chi connectivity index (χ0n) is 25.7. The largest absolute Gasteiger partial charge is 0.497 e. The summed E-state index contributed by atoms with van der Waals surface area (Å²) in [5.74, 6) is 1.42. The highest BCUT2D eigenvalue weighted by atomic mass is 32.2. The maximum atomic E-state index is 12.6. The van der Waals surface area contributed by atoms with Gasteiger partial charge in [0.2, 0.25) is 15.9 Å². The van der Waals surface area contributed by atoms with Crippen LogP contribution in [-0.2, 0) is 19.6 Å². The van der Waals surface area contributed by atoms with Crippen LogP contribution in [0.3, 0.4) is 0 Å². The van der Waals surface area contributed by atoms with E-state index in [1.165, 1.54) is 39.8 Å². The molecule has 0 heterocycles. The number of methoxy groups -OCH3 is 1. The van der Waals surface area contributed by atoms with Gasteiger partial charge in [0.05, 0.1) is 18.6 Å². The van der Waals surface area contributed by atoms with Crippen molar-refractivity contribution in [3.63, 3.8) is 0 Å². The van der Waals surface area contributed by atoms with Crippen molar-refractivity contribution in [3.8, 4) is 5.75 Å². The van der Waals surface area contributed by atoms with Crippen LogP contribution in [0.1, 0.15) is 63.5 Å². The summed E-state index contributed by atoms with van der Waals surface area (Å²) in [5, 5.41) is 3.63. The minimum absolute atomic E-state index is 0.0765. The van der Waals surface area contributed by atoms with Gasteiger partial charge in [-0.3, -0.25) is 9.59 Å². The lowest BCUT2D eigenvalue weighted by Gasteiger charge is -2.31. The van der Waals surface area contributed by atoms with Crippen LogP contribution >= 0.6 is 0 Å². The third-order valence-corrected chi connectivity index (χ3v) is 9.28. The first-order valence-corrected chi connectivity index (χ1v) is 15.4. The molecule has 0 saturated heterocycles. The summed E-state index contributed by atoms with van der Waals surface area (Å²) in [6.45, 7) is 10.0. The second-order valence-electron chi connectivity index (χ2n) is 11.0. The molecule has 10 heteroatoms. The van der Waals surface area contributed by atoms with Gasteiger partial charge < -0.3 is 19.9 Å². The molecule has 1 aromatic rings. The Hall–Kier alpha value is -2.01. The lowest BCUT2D eigenvalue weighted by molar-refractivity contribution is -0.128. The molecule has 1 aliphatic rings. The lowest BCUT2D eigenvalue weighted by atomic mass is 9.85. The predicted molar refractivity (Wildman–Crippen MR) is 158 cm³/mol. The smallest absolute Gasteiger partial charge is 0.243 e. The molecule has 1 aliphatic carbocycles. The third kappa shape index (κ3) is 11.9. The summed E-state index contributed by atoms with van der Waals surface area (Å²) in [7, 11) is 5.42. The number of carbonyl (C=O) groups is 2. The number of nitrogens with zero attached hydrogens (tertiary/aromatic N) is 3. The number of carbonyl (C=O) groups excluding carboxylic acids is 2. The number of hydrogen-bond donors (Lipinski definition) is 1. The maximum absolute atomic E-state index is 12.6. The van der Waals surface area contributed by atoms with E-state index in [1.807, 2.05) is 18.9 Å². The Balaban J connectivity index is 0.000000395. The molecule has 1 saturated carbocycles. The number of aryl methyl sites for hydroxylation is 2. The average Bonchev–Trinajstić information content (AvgIpc) is 2.84. The zero-order valence-corrected chi connectivity index (χ0v) is 26.5. The van der Waals surface area contributed by atoms with Crippen molar-refractivity contribution in [2.24, 2.45) is 5.92 Å². The molecule has 9 nitrogen and oxygen atoms in total. The van der Waals surface area contributed by atoms with Crippen LogP contribution < -0.4 is 10.1 Å². The van der Waals surface area contributed by atoms with Gasteiger partial charge in [-0.15, -0.1) is 0 Å². The van der Waals surface area contributed by atoms with E-state index in [0.717, 1.165) is 23.9 Å². The van der Waals surface area contributed by atoms with Crippen LogP contribution in [0.15, 0.2) is 17.0 Å². The van der Waals surface area contributed by atoms with Crippen LogP contribution in [0, 0.1) is 19.8 Å². The number of ether oxygens (including phenoxy) is 1. The molecule has 0 atom stereocenters. The van der Waals surface area contributed by atoms with Gasteiger partial charge in [-0.1, -0.05) is 6.92 Å². The van der Waals surface area contributed by atoms with E-state index in [-0.39, 0.29) is 23.1 Å². The van der Waals surface area contributed by atoms with E-state index in [4.69, 9.17) is 4.74 Å². The molecular weight excluding hydrogens is 516 g/mol. The molecule has 224 valence electrons. The fourth-order valence-electron chi connectivity index (χ4n) is 4.84. The number of Topliss-reactive ketones (excluding diaryl/α,β-unsaturated/α-hetero) is 1. The van der Waals surface area contributed by atoms with Crippen LogP contribution in [0.5, 0.6) is 5.75 Å². The van der Waals surface area contributed by atoms with Crippen molar-refractivity contribution in [1.82, 2.24) is 19.4 Å². The van der Waals surface area contributed by atoms with Crippen LogP contribution in [0.2, 0.25) is 0 Å². The molecule has 0 aromatic heterocycles. The molecular formula is C29H52N4O5S. The SMILES string of the molecule is CC(=O)N(C)CC1CCC(NCCN(C)C)CC1.CCCC(=O)CN(C)S(=O)(=O)c1c(C)cc(OC)cc1C. The summed E-state index contributed by atoms with van der Waals surface area (Å²) >= 11 is 0. The summed E-state index contributed by atoms with van der Waals surface area (Å²) in [6.07, 6.45) is 6.11. The summed E-state index contributed by atoms with van der Waals surface area (Å²) in [4.78, 5) is 27.2. The van der Waals surface area contributed by atoms with Gasteiger partial charge in [0.1, 0.15) is 11.5 Å². The number of rotatable bonds is 13. The van der Waals surface area contributed by atoms with Crippen molar-refractivity contribution in [2.75, 3.05) is 61.5 Å². The second-order valence-corrected chi connectivity index (χ2v) is 13.0. The van der Waals surface area contributed by atoms with Crippen molar-refractivity contribution in [3.05, 3.63) is 23.3 Å². The highest BCUT2D eigenvalue weighted by Gasteiger charge is 2.27. The van der Waals surface area contributed by atoms with E-state index in [9.17, 15) is 18.0 Å². The quantitative estimate of drug-likeness (QED) is 0.389. The molecule has 1 fully saturated rings. The molecule has 2 rings (SSSR count). The molecule has 1 aromatic carbocycles. The summed E-state index contributed by atoms with van der Waals surface area (Å²) in [6, 6.07) is 4.05. The van der Waals surface area contributed by atoms with E-state index in [2.05, 4.69) is 24.3 Å². The van der Waals surface area contributed by atoms with Gasteiger partial charge in [0, 0.05) is 53.1 Å². The van der Waals surface area contributed by atoms with E-state index in [0.29, 0.717) is 41.7 Å². The van der Waals surface area contributed by atoms with Crippen LogP contribution in [-0.4, -0.2) is 102 Å². The second kappa shape index (κ2) is 16.9. The molecule has 0 unspecified atom stereocenters. The Morgan fingerprint density at radius 3 is 2.05 bits per heavy atom. The fourth-order valence-corrected chi connectivity index (χ4v) is 6.40. The van der Waals surface area contributed by atoms with Crippen LogP contribution in [0.25, 0.3) is 0 Å². The first-order chi connectivity index (χ1) is 18.2. The monoisotopic (exact) mass is 568 g/mol. The van der Waals surface area contributed by atoms with Crippen molar-refractivity contribution < 1.29 is 22.7 Å². The zero-order chi connectivity index (χ0) is 29.8. The maximum Gasteiger partial charge on any atom is 0.243 e. The van der Waals surface area contributed by atoms with Gasteiger partial charge in [0.15, 0.2) is 0 Å². The molecule has 1 N–H and O–H groups in total. The van der Waals surface area contributed by atoms with Gasteiger partial charge in [-0.05, 0) is 89.2 Å². The minimum Gasteiger partial charge on any atom is -0.497 e. The summed E-state index contributed by atoms with van der Waals surface area (Å²) in [5.41, 5.74) is 1.23. The fraction of sp³-hybridized carbons (Fsp3) is 0.724. The minimum atomic E-state index is -3.68. The van der Waals surface area contributed by atoms with Crippen molar-refractivity contribution in [1.29, 1.82) is 0 Å². The van der Waals surface area contributed by atoms with E-state index < -0.39 is 10.0 Å². The first kappa shape index (κ1) is 35.0. The Kier molecular flexibility index (Phi) is 15.2. The molecule has 0 aliphatic heterocycles. The molecule has 39 heavy (non-hydrogen) atoms. The van der Waals surface area contributed by atoms with E-state index >= 15 is 0 Å². The van der Waals surface area contributed by atoms with Gasteiger partial charge in [-0.25, -0.2) is 8.42 Å². The number of benzene rings is 1.